The minimum Gasteiger partial charge on any atom is -0.494 e. The molecule has 0 spiro atoms. The molecule has 0 atom stereocenters. The Morgan fingerprint density at radius 3 is 2.65 bits per heavy atom. The largest absolute Gasteiger partial charge is 0.494 e. The van der Waals surface area contributed by atoms with Gasteiger partial charge >= 0.3 is 0 Å². The number of likely N-dealkylation sites (N-methyl/N-ethyl adjacent to an activating group) is 2. The maximum absolute atomic E-state index is 12.2. The highest BCUT2D eigenvalue weighted by molar-refractivity contribution is 6.32. The zero-order chi connectivity index (χ0) is 26.5. The highest BCUT2D eigenvalue weighted by Gasteiger charge is 2.17. The predicted molar refractivity (Wildman–Crippen MR) is 149 cm³/mol. The molecule has 0 radical (unpaired) electrons. The zero-order valence-electron chi connectivity index (χ0n) is 21.2. The van der Waals surface area contributed by atoms with Crippen LogP contribution in [0.15, 0.2) is 61.6 Å². The first-order chi connectivity index (χ1) is 17.8. The Morgan fingerprint density at radius 2 is 1.95 bits per heavy atom. The fraction of sp³-hybridized carbons (Fsp3) is 0.231. The average Bonchev–Trinajstić information content (AvgIpc) is 3.30. The summed E-state index contributed by atoms with van der Waals surface area (Å²) in [6, 6.07) is 11.1. The van der Waals surface area contributed by atoms with Gasteiger partial charge in [-0.1, -0.05) is 30.3 Å². The van der Waals surface area contributed by atoms with Crippen molar-refractivity contribution in [1.29, 1.82) is 0 Å². The molecular formula is C26H29ClN8O2. The molecule has 2 heterocycles. The maximum Gasteiger partial charge on any atom is 0.247 e. The number of imidazole rings is 1. The van der Waals surface area contributed by atoms with Crippen molar-refractivity contribution in [3.05, 3.63) is 66.6 Å². The third-order valence-electron chi connectivity index (χ3n) is 5.70. The van der Waals surface area contributed by atoms with Gasteiger partial charge in [-0.2, -0.15) is 4.98 Å². The lowest BCUT2D eigenvalue weighted by Gasteiger charge is -2.25. The fourth-order valence-electron chi connectivity index (χ4n) is 3.72. The van der Waals surface area contributed by atoms with Crippen LogP contribution in [0, 0.1) is 0 Å². The van der Waals surface area contributed by atoms with E-state index in [9.17, 15) is 4.79 Å². The Morgan fingerprint density at radius 1 is 1.16 bits per heavy atom. The van der Waals surface area contributed by atoms with Gasteiger partial charge in [-0.05, 0) is 38.4 Å². The van der Waals surface area contributed by atoms with Crippen LogP contribution in [0.1, 0.15) is 0 Å². The van der Waals surface area contributed by atoms with Gasteiger partial charge in [0.1, 0.15) is 17.6 Å². The van der Waals surface area contributed by atoms with Crippen molar-refractivity contribution in [2.24, 2.45) is 0 Å². The maximum atomic E-state index is 12.2. The topological polar surface area (TPSA) is 100 Å². The van der Waals surface area contributed by atoms with Gasteiger partial charge in [0.15, 0.2) is 5.65 Å². The molecule has 4 aromatic rings. The molecule has 0 fully saturated rings. The molecule has 0 bridgehead atoms. The number of rotatable bonds is 10. The first kappa shape index (κ1) is 25.9. The number of nitrogens with one attached hydrogen (secondary N) is 2. The molecule has 37 heavy (non-hydrogen) atoms. The third-order valence-corrected chi connectivity index (χ3v) is 6.02. The monoisotopic (exact) mass is 520 g/mol. The van der Waals surface area contributed by atoms with Gasteiger partial charge in [0.05, 0.1) is 41.1 Å². The lowest BCUT2D eigenvalue weighted by atomic mass is 10.2. The Balaban J connectivity index is 1.73. The van der Waals surface area contributed by atoms with E-state index in [0.717, 1.165) is 24.5 Å². The molecule has 0 saturated heterocycles. The second-order valence-electron chi connectivity index (χ2n) is 8.58. The summed E-state index contributed by atoms with van der Waals surface area (Å²) in [6.45, 7) is 5.14. The van der Waals surface area contributed by atoms with Gasteiger partial charge in [-0.15, -0.1) is 0 Å². The minimum atomic E-state index is -0.320. The second kappa shape index (κ2) is 11.3. The van der Waals surface area contributed by atoms with Crippen molar-refractivity contribution in [2.75, 3.05) is 56.9 Å². The molecule has 0 aliphatic heterocycles. The van der Waals surface area contributed by atoms with E-state index < -0.39 is 0 Å². The standard InChI is InChI=1S/C26H29ClN8O2/c1-6-24(36)30-18-13-19(23(37-5)14-22(18)34(4)12-11-33(2)3)31-26-28-15-20-25(32-26)35(16-29-20)21-10-8-7-9-17(21)27/h6-10,13-16H,1,11-12H2,2-5H3,(H,30,36)(H,28,31,32). The molecule has 2 aromatic heterocycles. The van der Waals surface area contributed by atoms with Crippen LogP contribution in [-0.2, 0) is 4.79 Å². The van der Waals surface area contributed by atoms with Crippen LogP contribution in [0.2, 0.25) is 5.02 Å². The average molecular weight is 521 g/mol. The summed E-state index contributed by atoms with van der Waals surface area (Å²) >= 11 is 6.40. The fourth-order valence-corrected chi connectivity index (χ4v) is 3.95. The van der Waals surface area contributed by atoms with E-state index in [1.54, 1.807) is 30.3 Å². The molecular weight excluding hydrogens is 492 g/mol. The number of carbonyl (C=O) groups excluding carboxylic acids is 1. The summed E-state index contributed by atoms with van der Waals surface area (Å²) < 4.78 is 7.48. The van der Waals surface area contributed by atoms with Crippen molar-refractivity contribution in [3.63, 3.8) is 0 Å². The molecule has 2 N–H and O–H groups in total. The minimum absolute atomic E-state index is 0.320. The van der Waals surface area contributed by atoms with Gasteiger partial charge in [0.2, 0.25) is 11.9 Å². The van der Waals surface area contributed by atoms with Crippen LogP contribution in [-0.4, -0.2) is 71.7 Å². The number of aromatic nitrogens is 4. The first-order valence-electron chi connectivity index (χ1n) is 11.5. The first-order valence-corrected chi connectivity index (χ1v) is 11.9. The number of hydrogen-bond acceptors (Lipinski definition) is 8. The Kier molecular flexibility index (Phi) is 7.90. The summed E-state index contributed by atoms with van der Waals surface area (Å²) in [5.74, 6) is 0.570. The van der Waals surface area contributed by atoms with Crippen molar-refractivity contribution in [3.8, 4) is 11.4 Å². The smallest absolute Gasteiger partial charge is 0.247 e. The lowest BCUT2D eigenvalue weighted by Crippen LogP contribution is -2.29. The summed E-state index contributed by atoms with van der Waals surface area (Å²) in [4.78, 5) is 29.8. The molecule has 0 unspecified atom stereocenters. The lowest BCUT2D eigenvalue weighted by molar-refractivity contribution is -0.111. The van der Waals surface area contributed by atoms with Gasteiger partial charge in [-0.25, -0.2) is 9.97 Å². The number of nitrogens with zero attached hydrogens (tertiary/aromatic N) is 6. The Hall–Kier alpha value is -4.15. The molecule has 4 rings (SSSR count). The second-order valence-corrected chi connectivity index (χ2v) is 8.99. The SMILES string of the molecule is C=CC(=O)Nc1cc(Nc2ncc3ncn(-c4ccccc4Cl)c3n2)c(OC)cc1N(C)CCN(C)C. The third kappa shape index (κ3) is 5.82. The molecule has 0 aliphatic carbocycles. The number of carbonyl (C=O) groups is 1. The zero-order valence-corrected chi connectivity index (χ0v) is 22.0. The van der Waals surface area contributed by atoms with E-state index in [1.165, 1.54) is 6.08 Å². The van der Waals surface area contributed by atoms with Crippen LogP contribution >= 0.6 is 11.6 Å². The van der Waals surface area contributed by atoms with Crippen LogP contribution in [0.4, 0.5) is 23.0 Å². The molecule has 2 aromatic carbocycles. The molecule has 10 nitrogen and oxygen atoms in total. The number of benzene rings is 2. The van der Waals surface area contributed by atoms with Crippen molar-refractivity contribution in [2.45, 2.75) is 0 Å². The van der Waals surface area contributed by atoms with E-state index >= 15 is 0 Å². The summed E-state index contributed by atoms with van der Waals surface area (Å²) in [5.41, 5.74) is 3.94. The summed E-state index contributed by atoms with van der Waals surface area (Å²) in [5, 5.41) is 6.69. The molecule has 0 aliphatic rings. The van der Waals surface area contributed by atoms with E-state index in [2.05, 4.69) is 42.0 Å². The van der Waals surface area contributed by atoms with Crippen molar-refractivity contribution in [1.82, 2.24) is 24.4 Å². The quantitative estimate of drug-likeness (QED) is 0.298. The summed E-state index contributed by atoms with van der Waals surface area (Å²) in [7, 11) is 7.57. The highest BCUT2D eigenvalue weighted by Crippen LogP contribution is 2.38. The number of ether oxygens (including phenoxy) is 1. The van der Waals surface area contributed by atoms with Crippen LogP contribution < -0.4 is 20.3 Å². The normalized spacial score (nSPS) is 11.0. The van der Waals surface area contributed by atoms with E-state index in [-0.39, 0.29) is 5.91 Å². The van der Waals surface area contributed by atoms with Gasteiger partial charge < -0.3 is 25.2 Å². The number of para-hydroxylation sites is 1. The number of halogens is 1. The summed E-state index contributed by atoms with van der Waals surface area (Å²) in [6.07, 6.45) is 4.52. The predicted octanol–water partition coefficient (Wildman–Crippen LogP) is 4.34. The highest BCUT2D eigenvalue weighted by atomic mass is 35.5. The number of amides is 1. The van der Waals surface area contributed by atoms with Gasteiger partial charge in [0.25, 0.3) is 0 Å². The Bertz CT molecular complexity index is 1440. The van der Waals surface area contributed by atoms with Gasteiger partial charge in [0, 0.05) is 26.2 Å². The van der Waals surface area contributed by atoms with E-state index in [4.69, 9.17) is 16.3 Å². The number of hydrogen-bond donors (Lipinski definition) is 2. The van der Waals surface area contributed by atoms with Crippen LogP contribution in [0.5, 0.6) is 5.75 Å². The van der Waals surface area contributed by atoms with Crippen molar-refractivity contribution >= 4 is 51.7 Å². The Labute approximate surface area is 220 Å². The van der Waals surface area contributed by atoms with E-state index in [1.807, 2.05) is 51.5 Å². The number of methoxy groups -OCH3 is 1. The number of anilines is 4. The molecule has 11 heteroatoms. The van der Waals surface area contributed by atoms with E-state index in [0.29, 0.717) is 39.3 Å². The van der Waals surface area contributed by atoms with Crippen LogP contribution in [0.25, 0.3) is 16.9 Å². The molecule has 192 valence electrons. The molecule has 1 amide bonds. The van der Waals surface area contributed by atoms with Crippen LogP contribution in [0.3, 0.4) is 0 Å². The number of fused-ring (bicyclic) bond motifs is 1. The van der Waals surface area contributed by atoms with Crippen molar-refractivity contribution < 1.29 is 9.53 Å². The van der Waals surface area contributed by atoms with Gasteiger partial charge in [-0.3, -0.25) is 9.36 Å². The molecule has 0 saturated carbocycles.